The molecule has 128 valence electrons. The quantitative estimate of drug-likeness (QED) is 0.721. The third kappa shape index (κ3) is 5.25. The second-order valence-corrected chi connectivity index (χ2v) is 8.42. The summed E-state index contributed by atoms with van der Waals surface area (Å²) >= 11 is 3.31. The zero-order valence-electron chi connectivity index (χ0n) is 14.6. The van der Waals surface area contributed by atoms with Crippen molar-refractivity contribution in [2.75, 3.05) is 11.9 Å². The van der Waals surface area contributed by atoms with Gasteiger partial charge in [-0.25, -0.2) is 4.79 Å². The normalized spacial score (nSPS) is 29.0. The van der Waals surface area contributed by atoms with Gasteiger partial charge in [-0.05, 0) is 58.3 Å². The third-order valence-corrected chi connectivity index (χ3v) is 5.37. The van der Waals surface area contributed by atoms with E-state index in [1.165, 1.54) is 0 Å². The van der Waals surface area contributed by atoms with Crippen LogP contribution in [0.2, 0.25) is 0 Å². The fraction of sp³-hybridized carbons (Fsp3) is 0.882. The largest absolute Gasteiger partial charge is 0.444 e. The van der Waals surface area contributed by atoms with Gasteiger partial charge < -0.3 is 10.1 Å². The Balaban J connectivity index is 2.54. The Labute approximate surface area is 142 Å². The highest BCUT2D eigenvalue weighted by Gasteiger charge is 2.43. The number of ketones is 1. The first-order valence-electron chi connectivity index (χ1n) is 8.12. The minimum absolute atomic E-state index is 0.0438. The minimum Gasteiger partial charge on any atom is -0.444 e. The predicted molar refractivity (Wildman–Crippen MR) is 92.3 cm³/mol. The van der Waals surface area contributed by atoms with E-state index >= 15 is 0 Å². The number of Topliss-reactive ketones (excluding diaryl/α,β-unsaturated/α-hetero) is 1. The number of halogens is 1. The lowest BCUT2D eigenvalue weighted by molar-refractivity contribution is -0.129. The monoisotopic (exact) mass is 375 g/mol. The molecule has 1 aliphatic rings. The van der Waals surface area contributed by atoms with E-state index in [0.717, 1.165) is 32.1 Å². The van der Waals surface area contributed by atoms with Crippen molar-refractivity contribution < 1.29 is 14.3 Å². The predicted octanol–water partition coefficient (Wildman–Crippen LogP) is 4.45. The molecule has 0 radical (unpaired) electrons. The molecule has 0 aromatic heterocycles. The van der Waals surface area contributed by atoms with Gasteiger partial charge in [0, 0.05) is 12.0 Å². The van der Waals surface area contributed by atoms with Crippen LogP contribution in [0.1, 0.15) is 66.7 Å². The van der Waals surface area contributed by atoms with Gasteiger partial charge in [-0.2, -0.15) is 0 Å². The average molecular weight is 376 g/mol. The number of carbonyl (C=O) groups is 2. The standard InChI is InChI=1S/C17H30BrNO3/c1-6-17(13(20)11-18)9-7-16(5,8-10-17)12-19-14(21)22-15(2,3)4/h6-12H2,1-5H3,(H,19,21). The number of hydrogen-bond donors (Lipinski definition) is 1. The number of carbonyl (C=O) groups excluding carboxylic acids is 2. The summed E-state index contributed by atoms with van der Waals surface area (Å²) in [6, 6.07) is 0. The van der Waals surface area contributed by atoms with Crippen molar-refractivity contribution in [2.45, 2.75) is 72.3 Å². The number of hydrogen-bond acceptors (Lipinski definition) is 3. The number of ether oxygens (including phenoxy) is 1. The highest BCUT2D eigenvalue weighted by Crippen LogP contribution is 2.47. The van der Waals surface area contributed by atoms with Gasteiger partial charge in [0.1, 0.15) is 11.4 Å². The average Bonchev–Trinajstić information content (AvgIpc) is 2.44. The SMILES string of the molecule is CCC1(C(=O)CBr)CCC(C)(CNC(=O)OC(C)(C)C)CC1. The Morgan fingerprint density at radius 3 is 2.14 bits per heavy atom. The van der Waals surface area contributed by atoms with Gasteiger partial charge in [-0.1, -0.05) is 29.8 Å². The van der Waals surface area contributed by atoms with Crippen LogP contribution in [0.25, 0.3) is 0 Å². The Morgan fingerprint density at radius 2 is 1.73 bits per heavy atom. The lowest BCUT2D eigenvalue weighted by Gasteiger charge is -2.43. The first-order chi connectivity index (χ1) is 10.1. The van der Waals surface area contributed by atoms with Gasteiger partial charge in [0.25, 0.3) is 0 Å². The molecule has 0 unspecified atom stereocenters. The molecular formula is C17H30BrNO3. The van der Waals surface area contributed by atoms with Crippen LogP contribution in [0.4, 0.5) is 4.79 Å². The van der Waals surface area contributed by atoms with Crippen LogP contribution in [0.15, 0.2) is 0 Å². The lowest BCUT2D eigenvalue weighted by atomic mass is 9.62. The molecule has 0 bridgehead atoms. The van der Waals surface area contributed by atoms with E-state index in [9.17, 15) is 9.59 Å². The Hall–Kier alpha value is -0.580. The molecule has 0 aliphatic heterocycles. The van der Waals surface area contributed by atoms with Crippen LogP contribution in [0.5, 0.6) is 0 Å². The second kappa shape index (κ2) is 7.33. The van der Waals surface area contributed by atoms with Gasteiger partial charge in [0.05, 0.1) is 5.33 Å². The van der Waals surface area contributed by atoms with Gasteiger partial charge in [-0.3, -0.25) is 4.79 Å². The smallest absolute Gasteiger partial charge is 0.407 e. The Morgan fingerprint density at radius 1 is 1.18 bits per heavy atom. The summed E-state index contributed by atoms with van der Waals surface area (Å²) in [6.45, 7) is 10.5. The van der Waals surface area contributed by atoms with Crippen LogP contribution >= 0.6 is 15.9 Å². The molecule has 0 spiro atoms. The van der Waals surface area contributed by atoms with Gasteiger partial charge >= 0.3 is 6.09 Å². The van der Waals surface area contributed by atoms with Crippen LogP contribution in [0, 0.1) is 10.8 Å². The molecule has 1 N–H and O–H groups in total. The van der Waals surface area contributed by atoms with E-state index in [2.05, 4.69) is 35.1 Å². The number of alkyl halides is 1. The maximum atomic E-state index is 12.2. The molecular weight excluding hydrogens is 346 g/mol. The van der Waals surface area contributed by atoms with Crippen LogP contribution < -0.4 is 5.32 Å². The molecule has 4 nitrogen and oxygen atoms in total. The van der Waals surface area contributed by atoms with Crippen molar-refractivity contribution in [1.29, 1.82) is 0 Å². The molecule has 22 heavy (non-hydrogen) atoms. The summed E-state index contributed by atoms with van der Waals surface area (Å²) < 4.78 is 5.28. The van der Waals surface area contributed by atoms with Gasteiger partial charge in [0.2, 0.25) is 0 Å². The molecule has 1 fully saturated rings. The molecule has 0 heterocycles. The minimum atomic E-state index is -0.475. The summed E-state index contributed by atoms with van der Waals surface area (Å²) in [7, 11) is 0. The zero-order chi connectivity index (χ0) is 17.0. The summed E-state index contributed by atoms with van der Waals surface area (Å²) in [6.07, 6.45) is 4.25. The molecule has 0 aromatic carbocycles. The zero-order valence-corrected chi connectivity index (χ0v) is 16.1. The highest BCUT2D eigenvalue weighted by atomic mass is 79.9. The number of alkyl carbamates (subject to hydrolysis) is 1. The maximum Gasteiger partial charge on any atom is 0.407 e. The van der Waals surface area contributed by atoms with E-state index in [1.54, 1.807) is 0 Å². The van der Waals surface area contributed by atoms with E-state index < -0.39 is 5.60 Å². The number of nitrogens with one attached hydrogen (secondary N) is 1. The van der Waals surface area contributed by atoms with Crippen LogP contribution in [-0.2, 0) is 9.53 Å². The topological polar surface area (TPSA) is 55.4 Å². The third-order valence-electron chi connectivity index (χ3n) is 4.86. The molecule has 5 heteroatoms. The first-order valence-corrected chi connectivity index (χ1v) is 9.24. The Kier molecular flexibility index (Phi) is 6.48. The van der Waals surface area contributed by atoms with E-state index in [4.69, 9.17) is 4.74 Å². The molecule has 1 amide bonds. The van der Waals surface area contributed by atoms with Crippen molar-refractivity contribution in [3.63, 3.8) is 0 Å². The van der Waals surface area contributed by atoms with Gasteiger partial charge in [-0.15, -0.1) is 0 Å². The lowest BCUT2D eigenvalue weighted by Crippen LogP contribution is -2.44. The van der Waals surface area contributed by atoms with Crippen LogP contribution in [-0.4, -0.2) is 29.4 Å². The molecule has 1 aliphatic carbocycles. The fourth-order valence-electron chi connectivity index (χ4n) is 3.08. The van der Waals surface area contributed by atoms with Gasteiger partial charge in [0.15, 0.2) is 0 Å². The molecule has 0 atom stereocenters. The summed E-state index contributed by atoms with van der Waals surface area (Å²) in [4.78, 5) is 24.0. The second-order valence-electron chi connectivity index (χ2n) is 7.86. The number of rotatable bonds is 5. The molecule has 0 aromatic rings. The number of amides is 1. The van der Waals surface area contributed by atoms with Crippen molar-refractivity contribution >= 4 is 27.8 Å². The van der Waals surface area contributed by atoms with E-state index in [1.807, 2.05) is 20.8 Å². The van der Waals surface area contributed by atoms with E-state index in [0.29, 0.717) is 17.7 Å². The fourth-order valence-corrected chi connectivity index (χ4v) is 3.67. The summed E-state index contributed by atoms with van der Waals surface area (Å²) in [5.41, 5.74) is -0.603. The summed E-state index contributed by atoms with van der Waals surface area (Å²) in [5.74, 6) is 0.317. The summed E-state index contributed by atoms with van der Waals surface area (Å²) in [5, 5.41) is 3.32. The van der Waals surface area contributed by atoms with Crippen molar-refractivity contribution in [3.8, 4) is 0 Å². The highest BCUT2D eigenvalue weighted by molar-refractivity contribution is 9.09. The molecule has 1 saturated carbocycles. The van der Waals surface area contributed by atoms with Crippen molar-refractivity contribution in [2.24, 2.45) is 10.8 Å². The maximum absolute atomic E-state index is 12.2. The molecule has 0 saturated heterocycles. The Bertz CT molecular complexity index is 407. The van der Waals surface area contributed by atoms with Crippen molar-refractivity contribution in [3.05, 3.63) is 0 Å². The first kappa shape index (κ1) is 19.5. The van der Waals surface area contributed by atoms with E-state index in [-0.39, 0.29) is 16.9 Å². The van der Waals surface area contributed by atoms with Crippen LogP contribution in [0.3, 0.4) is 0 Å². The molecule has 1 rings (SSSR count). The van der Waals surface area contributed by atoms with Crippen molar-refractivity contribution in [1.82, 2.24) is 5.32 Å².